The van der Waals surface area contributed by atoms with Gasteiger partial charge < -0.3 is 10.1 Å². The van der Waals surface area contributed by atoms with E-state index in [2.05, 4.69) is 13.8 Å². The van der Waals surface area contributed by atoms with Gasteiger partial charge in [0.25, 0.3) is 0 Å². The Kier molecular flexibility index (Phi) is 4.16. The first kappa shape index (κ1) is 10.5. The van der Waals surface area contributed by atoms with E-state index in [4.69, 9.17) is 10.1 Å². The Labute approximate surface area is 80.5 Å². The second-order valence-corrected chi connectivity index (χ2v) is 3.82. The van der Waals surface area contributed by atoms with Crippen LogP contribution in [0.1, 0.15) is 26.7 Å². The van der Waals surface area contributed by atoms with Crippen LogP contribution in [0.4, 0.5) is 0 Å². The average Bonchev–Trinajstić information content (AvgIpc) is 2.18. The van der Waals surface area contributed by atoms with Crippen LogP contribution in [0.25, 0.3) is 0 Å². The molecule has 0 aromatic rings. The predicted octanol–water partition coefficient (Wildman–Crippen LogP) is 2.64. The zero-order valence-corrected chi connectivity index (χ0v) is 8.55. The molecule has 1 heterocycles. The Morgan fingerprint density at radius 1 is 1.46 bits per heavy atom. The van der Waals surface area contributed by atoms with Crippen molar-refractivity contribution < 1.29 is 4.74 Å². The molecule has 2 nitrogen and oxygen atoms in total. The van der Waals surface area contributed by atoms with Gasteiger partial charge in [-0.05, 0) is 37.7 Å². The smallest absolute Gasteiger partial charge is 0.0468 e. The van der Waals surface area contributed by atoms with Gasteiger partial charge in [-0.2, -0.15) is 0 Å². The van der Waals surface area contributed by atoms with Crippen LogP contribution >= 0.6 is 0 Å². The molecular weight excluding hydrogens is 162 g/mol. The van der Waals surface area contributed by atoms with Crippen molar-refractivity contribution in [3.05, 3.63) is 11.6 Å². The van der Waals surface area contributed by atoms with Crippen LogP contribution in [0.3, 0.4) is 0 Å². The highest BCUT2D eigenvalue weighted by Gasteiger charge is 2.20. The monoisotopic (exact) mass is 181 g/mol. The van der Waals surface area contributed by atoms with Crippen LogP contribution in [0.2, 0.25) is 0 Å². The molecule has 1 N–H and O–H groups in total. The summed E-state index contributed by atoms with van der Waals surface area (Å²) < 4.78 is 5.33. The van der Waals surface area contributed by atoms with Crippen molar-refractivity contribution in [2.24, 2.45) is 11.8 Å². The van der Waals surface area contributed by atoms with Crippen molar-refractivity contribution in [2.45, 2.75) is 26.7 Å². The Hall–Kier alpha value is -0.630. The lowest BCUT2D eigenvalue weighted by atomic mass is 9.83. The lowest BCUT2D eigenvalue weighted by Crippen LogP contribution is -2.22. The number of ether oxygens (including phenoxy) is 1. The first-order chi connectivity index (χ1) is 6.25. The fourth-order valence-corrected chi connectivity index (χ4v) is 1.87. The van der Waals surface area contributed by atoms with E-state index >= 15 is 0 Å². The fraction of sp³-hybridized carbons (Fsp3) is 0.727. The highest BCUT2D eigenvalue weighted by atomic mass is 16.5. The van der Waals surface area contributed by atoms with Crippen LogP contribution < -0.4 is 0 Å². The van der Waals surface area contributed by atoms with E-state index < -0.39 is 0 Å². The van der Waals surface area contributed by atoms with E-state index in [-0.39, 0.29) is 0 Å². The quantitative estimate of drug-likeness (QED) is 0.667. The highest BCUT2D eigenvalue weighted by molar-refractivity contribution is 5.68. The molecule has 0 aliphatic carbocycles. The molecule has 1 atom stereocenters. The summed E-state index contributed by atoms with van der Waals surface area (Å²) in [5.41, 5.74) is 1.32. The van der Waals surface area contributed by atoms with Crippen molar-refractivity contribution in [3.63, 3.8) is 0 Å². The molecule has 0 amide bonds. The zero-order valence-electron chi connectivity index (χ0n) is 8.55. The van der Waals surface area contributed by atoms with Gasteiger partial charge in [-0.25, -0.2) is 0 Å². The molecule has 1 saturated heterocycles. The van der Waals surface area contributed by atoms with Crippen LogP contribution in [-0.2, 0) is 4.74 Å². The van der Waals surface area contributed by atoms with Crippen LogP contribution in [-0.4, -0.2) is 19.4 Å². The van der Waals surface area contributed by atoms with E-state index in [9.17, 15) is 0 Å². The standard InChI is InChI=1S/C11H19NO/c1-9(3-6-12)10(2)11-4-7-13-8-5-11/h3,6,10-12H,4-5,7-8H2,1-2H3. The molecule has 1 rings (SSSR count). The normalized spacial score (nSPS) is 22.8. The fourth-order valence-electron chi connectivity index (χ4n) is 1.87. The average molecular weight is 181 g/mol. The molecule has 1 aliphatic rings. The van der Waals surface area contributed by atoms with Gasteiger partial charge in [0.15, 0.2) is 0 Å². The maximum atomic E-state index is 7.01. The van der Waals surface area contributed by atoms with Crippen LogP contribution in [0, 0.1) is 17.2 Å². The third-order valence-corrected chi connectivity index (χ3v) is 3.04. The summed E-state index contributed by atoms with van der Waals surface area (Å²) in [6, 6.07) is 0. The summed E-state index contributed by atoms with van der Waals surface area (Å²) in [7, 11) is 0. The second kappa shape index (κ2) is 5.18. The van der Waals surface area contributed by atoms with Crippen molar-refractivity contribution in [1.29, 1.82) is 5.41 Å². The number of nitrogens with one attached hydrogen (secondary N) is 1. The maximum Gasteiger partial charge on any atom is 0.0468 e. The van der Waals surface area contributed by atoms with Crippen LogP contribution in [0.5, 0.6) is 0 Å². The van der Waals surface area contributed by atoms with Gasteiger partial charge >= 0.3 is 0 Å². The summed E-state index contributed by atoms with van der Waals surface area (Å²) in [5, 5.41) is 7.01. The molecule has 74 valence electrons. The van der Waals surface area contributed by atoms with Gasteiger partial charge in [-0.3, -0.25) is 0 Å². The summed E-state index contributed by atoms with van der Waals surface area (Å²) in [6.45, 7) is 6.19. The van der Waals surface area contributed by atoms with Gasteiger partial charge in [-0.1, -0.05) is 12.5 Å². The SMILES string of the molecule is CC(=CC=N)C(C)C1CCOCC1. The largest absolute Gasteiger partial charge is 0.381 e. The van der Waals surface area contributed by atoms with E-state index in [1.54, 1.807) is 0 Å². The molecule has 1 fully saturated rings. The number of allylic oxidation sites excluding steroid dienone is 2. The molecule has 0 aromatic heterocycles. The number of hydrogen-bond donors (Lipinski definition) is 1. The molecular formula is C11H19NO. The Morgan fingerprint density at radius 2 is 2.08 bits per heavy atom. The lowest BCUT2D eigenvalue weighted by molar-refractivity contribution is 0.0546. The predicted molar refractivity (Wildman–Crippen MR) is 55.2 cm³/mol. The first-order valence-corrected chi connectivity index (χ1v) is 5.00. The van der Waals surface area contributed by atoms with Gasteiger partial charge in [0.2, 0.25) is 0 Å². The molecule has 0 radical (unpaired) electrons. The minimum atomic E-state index is 0.602. The molecule has 1 aliphatic heterocycles. The molecule has 2 heteroatoms. The minimum absolute atomic E-state index is 0.602. The van der Waals surface area contributed by atoms with Crippen molar-refractivity contribution in [2.75, 3.05) is 13.2 Å². The second-order valence-electron chi connectivity index (χ2n) is 3.82. The summed E-state index contributed by atoms with van der Waals surface area (Å²) in [4.78, 5) is 0. The topological polar surface area (TPSA) is 33.1 Å². The molecule has 0 aromatic carbocycles. The Bertz CT molecular complexity index is 192. The van der Waals surface area contributed by atoms with E-state index in [0.717, 1.165) is 19.1 Å². The highest BCUT2D eigenvalue weighted by Crippen LogP contribution is 2.28. The Morgan fingerprint density at radius 3 is 2.62 bits per heavy atom. The van der Waals surface area contributed by atoms with E-state index in [0.29, 0.717) is 5.92 Å². The first-order valence-electron chi connectivity index (χ1n) is 5.00. The molecule has 1 unspecified atom stereocenters. The summed E-state index contributed by atoms with van der Waals surface area (Å²) >= 11 is 0. The minimum Gasteiger partial charge on any atom is -0.381 e. The third kappa shape index (κ3) is 2.96. The maximum absolute atomic E-state index is 7.01. The summed E-state index contributed by atoms with van der Waals surface area (Å²) in [5.74, 6) is 1.36. The lowest BCUT2D eigenvalue weighted by Gasteiger charge is -2.28. The van der Waals surface area contributed by atoms with E-state index in [1.165, 1.54) is 24.6 Å². The van der Waals surface area contributed by atoms with E-state index in [1.807, 2.05) is 6.08 Å². The van der Waals surface area contributed by atoms with Gasteiger partial charge in [0, 0.05) is 19.4 Å². The molecule has 0 bridgehead atoms. The molecule has 0 saturated carbocycles. The molecule has 0 spiro atoms. The Balaban J connectivity index is 2.49. The van der Waals surface area contributed by atoms with Gasteiger partial charge in [0.1, 0.15) is 0 Å². The van der Waals surface area contributed by atoms with Gasteiger partial charge in [0.05, 0.1) is 0 Å². The molecule has 13 heavy (non-hydrogen) atoms. The van der Waals surface area contributed by atoms with Crippen molar-refractivity contribution in [1.82, 2.24) is 0 Å². The van der Waals surface area contributed by atoms with Crippen LogP contribution in [0.15, 0.2) is 11.6 Å². The van der Waals surface area contributed by atoms with Crippen molar-refractivity contribution in [3.8, 4) is 0 Å². The zero-order chi connectivity index (χ0) is 9.68. The third-order valence-electron chi connectivity index (χ3n) is 3.04. The van der Waals surface area contributed by atoms with Gasteiger partial charge in [-0.15, -0.1) is 0 Å². The summed E-state index contributed by atoms with van der Waals surface area (Å²) in [6.07, 6.45) is 5.62. The van der Waals surface area contributed by atoms with Crippen molar-refractivity contribution >= 4 is 6.21 Å². The number of hydrogen-bond acceptors (Lipinski definition) is 2. The number of rotatable bonds is 3.